The molecular formula is C21H22N3O5S+. The van der Waals surface area contributed by atoms with E-state index in [9.17, 15) is 13.2 Å². The number of hydrogen-bond donors (Lipinski definition) is 4. The topological polar surface area (TPSA) is 109 Å². The Hall–Kier alpha value is -3.14. The van der Waals surface area contributed by atoms with Crippen molar-refractivity contribution in [1.82, 2.24) is 5.32 Å². The number of para-hydroxylation sites is 3. The number of fused-ring (bicyclic) bond motifs is 2. The van der Waals surface area contributed by atoms with Crippen molar-refractivity contribution in [3.8, 4) is 5.75 Å². The Morgan fingerprint density at radius 2 is 1.93 bits per heavy atom. The molecule has 2 aromatic rings. The van der Waals surface area contributed by atoms with E-state index in [-0.39, 0.29) is 19.0 Å². The largest absolute Gasteiger partial charge is 0.406 e. The molecule has 30 heavy (non-hydrogen) atoms. The molecule has 0 saturated heterocycles. The number of hydrogen-bond acceptors (Lipinski definition) is 5. The van der Waals surface area contributed by atoms with Crippen LogP contribution < -0.4 is 20.3 Å². The van der Waals surface area contributed by atoms with Crippen molar-refractivity contribution in [2.24, 2.45) is 0 Å². The smallest absolute Gasteiger partial charge is 0.301 e. The van der Waals surface area contributed by atoms with Gasteiger partial charge in [-0.25, -0.2) is 4.90 Å². The molecule has 2 aliphatic rings. The van der Waals surface area contributed by atoms with Crippen LogP contribution in [0.3, 0.4) is 0 Å². The molecule has 0 aromatic heterocycles. The summed E-state index contributed by atoms with van der Waals surface area (Å²) >= 11 is 0. The maximum atomic E-state index is 12.3. The van der Waals surface area contributed by atoms with Gasteiger partial charge in [0.05, 0.1) is 5.75 Å². The first kappa shape index (κ1) is 20.1. The Morgan fingerprint density at radius 3 is 2.77 bits per heavy atom. The summed E-state index contributed by atoms with van der Waals surface area (Å²) < 4.78 is 36.4. The molecule has 0 saturated carbocycles. The fourth-order valence-corrected chi connectivity index (χ4v) is 3.87. The van der Waals surface area contributed by atoms with Crippen molar-refractivity contribution in [2.45, 2.75) is 0 Å². The van der Waals surface area contributed by atoms with Crippen molar-refractivity contribution in [2.75, 3.05) is 30.7 Å². The summed E-state index contributed by atoms with van der Waals surface area (Å²) in [6, 6.07) is 15.5. The van der Waals surface area contributed by atoms with Crippen LogP contribution in [0.1, 0.15) is 5.56 Å². The van der Waals surface area contributed by atoms with Crippen molar-refractivity contribution in [3.63, 3.8) is 0 Å². The summed E-state index contributed by atoms with van der Waals surface area (Å²) in [7, 11) is -4.12. The average Bonchev–Trinajstić information content (AvgIpc) is 3.27. The predicted molar refractivity (Wildman–Crippen MR) is 113 cm³/mol. The summed E-state index contributed by atoms with van der Waals surface area (Å²) in [5.41, 5.74) is 4.17. The first-order valence-electron chi connectivity index (χ1n) is 9.50. The van der Waals surface area contributed by atoms with Gasteiger partial charge in [0.1, 0.15) is 0 Å². The van der Waals surface area contributed by atoms with E-state index >= 15 is 0 Å². The quantitative estimate of drug-likeness (QED) is 0.510. The highest BCUT2D eigenvalue weighted by Crippen LogP contribution is 2.31. The van der Waals surface area contributed by atoms with E-state index in [4.69, 9.17) is 9.29 Å². The van der Waals surface area contributed by atoms with Crippen molar-refractivity contribution in [1.29, 1.82) is 0 Å². The summed E-state index contributed by atoms with van der Waals surface area (Å²) in [6.45, 7) is 0.590. The molecule has 9 heteroatoms. The molecule has 1 amide bonds. The van der Waals surface area contributed by atoms with Gasteiger partial charge in [-0.1, -0.05) is 30.3 Å². The number of benzene rings is 2. The molecule has 0 fully saturated rings. The van der Waals surface area contributed by atoms with Crippen molar-refractivity contribution < 1.29 is 27.4 Å². The predicted octanol–water partition coefficient (Wildman–Crippen LogP) is 0.950. The summed E-state index contributed by atoms with van der Waals surface area (Å²) in [4.78, 5) is 13.1. The van der Waals surface area contributed by atoms with E-state index in [0.29, 0.717) is 18.2 Å². The normalized spacial score (nSPS) is 19.8. The molecule has 0 aliphatic carbocycles. The zero-order chi connectivity index (χ0) is 21.1. The van der Waals surface area contributed by atoms with E-state index in [1.807, 2.05) is 54.6 Å². The van der Waals surface area contributed by atoms with Gasteiger partial charge in [0.25, 0.3) is 16.0 Å². The lowest BCUT2D eigenvalue weighted by Crippen LogP contribution is -3.05. The van der Waals surface area contributed by atoms with Crippen LogP contribution in [-0.4, -0.2) is 44.3 Å². The Bertz CT molecular complexity index is 1140. The molecular weight excluding hydrogens is 406 g/mol. The second kappa shape index (κ2) is 8.31. The second-order valence-electron chi connectivity index (χ2n) is 7.01. The standard InChI is InChI=1S/C21H21N3O5S/c25-20(22-11-12-30(26,27)28)14-24-18-7-3-4-8-19(18)29-21(24)10-9-15-13-23-17-6-2-1-5-16(15)17/h1-10,23H,11-14H2,(H,22,25)(H,26,27,28)/p+1. The molecule has 0 bridgehead atoms. The Morgan fingerprint density at radius 1 is 1.17 bits per heavy atom. The molecule has 156 valence electrons. The zero-order valence-corrected chi connectivity index (χ0v) is 16.9. The van der Waals surface area contributed by atoms with Crippen molar-refractivity contribution >= 4 is 33.0 Å². The van der Waals surface area contributed by atoms with Crippen LogP contribution >= 0.6 is 0 Å². The number of rotatable bonds is 6. The molecule has 0 radical (unpaired) electrons. The molecule has 2 aromatic carbocycles. The van der Waals surface area contributed by atoms with E-state index in [1.165, 1.54) is 0 Å². The van der Waals surface area contributed by atoms with Crippen LogP contribution in [0, 0.1) is 0 Å². The second-order valence-corrected chi connectivity index (χ2v) is 8.58. The Labute approximate surface area is 174 Å². The molecule has 2 heterocycles. The number of amides is 1. The number of carbonyl (C=O) groups excluding carboxylic acids is 1. The molecule has 8 nitrogen and oxygen atoms in total. The van der Waals surface area contributed by atoms with Gasteiger partial charge in [0.2, 0.25) is 0 Å². The van der Waals surface area contributed by atoms with Crippen LogP contribution in [0.4, 0.5) is 11.4 Å². The van der Waals surface area contributed by atoms with Gasteiger partial charge in [-0.05, 0) is 23.8 Å². The molecule has 0 spiro atoms. The lowest BCUT2D eigenvalue weighted by molar-refractivity contribution is -0.786. The molecule has 4 N–H and O–H groups in total. The number of quaternary nitrogens is 1. The lowest BCUT2D eigenvalue weighted by atomic mass is 10.1. The SMILES string of the molecule is O=C(C[NH+]1C(=CC=C2CNc3ccccc32)Oc2ccccc21)NCCS(=O)(=O)O. The number of nitrogens with one attached hydrogen (secondary N) is 3. The summed E-state index contributed by atoms with van der Waals surface area (Å²) in [5, 5.41) is 5.86. The van der Waals surface area contributed by atoms with Gasteiger partial charge in [-0.3, -0.25) is 9.35 Å². The van der Waals surface area contributed by atoms with Gasteiger partial charge in [-0.2, -0.15) is 8.42 Å². The van der Waals surface area contributed by atoms with E-state index < -0.39 is 15.9 Å². The van der Waals surface area contributed by atoms with Gasteiger partial charge in [-0.15, -0.1) is 0 Å². The maximum Gasteiger partial charge on any atom is 0.301 e. The third-order valence-corrected chi connectivity index (χ3v) is 5.65. The molecule has 4 rings (SSSR count). The molecule has 1 atom stereocenters. The van der Waals surface area contributed by atoms with Gasteiger partial charge in [0, 0.05) is 36.5 Å². The number of ether oxygens (including phenoxy) is 1. The first-order chi connectivity index (χ1) is 14.4. The monoisotopic (exact) mass is 428 g/mol. The minimum Gasteiger partial charge on any atom is -0.406 e. The van der Waals surface area contributed by atoms with E-state index in [2.05, 4.69) is 16.7 Å². The third kappa shape index (κ3) is 4.54. The fourth-order valence-electron chi connectivity index (χ4n) is 3.51. The highest BCUT2D eigenvalue weighted by Gasteiger charge is 2.33. The van der Waals surface area contributed by atoms with Gasteiger partial charge < -0.3 is 15.4 Å². The minimum atomic E-state index is -4.12. The number of anilines is 1. The van der Waals surface area contributed by atoms with Crippen LogP contribution in [-0.2, 0) is 14.9 Å². The Balaban J connectivity index is 1.53. The number of allylic oxidation sites excluding steroid dienone is 2. The maximum absolute atomic E-state index is 12.3. The van der Waals surface area contributed by atoms with Crippen molar-refractivity contribution in [3.05, 3.63) is 72.1 Å². The number of carbonyl (C=O) groups is 1. The molecule has 2 aliphatic heterocycles. The van der Waals surface area contributed by atoms with Crippen LogP contribution in [0.25, 0.3) is 5.57 Å². The fraction of sp³-hybridized carbons (Fsp3) is 0.190. The highest BCUT2D eigenvalue weighted by atomic mass is 32.2. The van der Waals surface area contributed by atoms with Gasteiger partial charge >= 0.3 is 5.88 Å². The lowest BCUT2D eigenvalue weighted by Gasteiger charge is -2.11. The zero-order valence-electron chi connectivity index (χ0n) is 16.1. The molecule has 1 unspecified atom stereocenters. The average molecular weight is 428 g/mol. The van der Waals surface area contributed by atoms with E-state index in [1.54, 1.807) is 0 Å². The van der Waals surface area contributed by atoms with Crippen LogP contribution in [0.2, 0.25) is 0 Å². The minimum absolute atomic E-state index is 0.0341. The van der Waals surface area contributed by atoms with E-state index in [0.717, 1.165) is 27.4 Å². The Kier molecular flexibility index (Phi) is 5.58. The van der Waals surface area contributed by atoms with Gasteiger partial charge in [0.15, 0.2) is 18.0 Å². The summed E-state index contributed by atoms with van der Waals surface area (Å²) in [6.07, 6.45) is 3.84. The third-order valence-electron chi connectivity index (χ3n) is 4.93. The summed E-state index contributed by atoms with van der Waals surface area (Å²) in [5.74, 6) is 0.383. The highest BCUT2D eigenvalue weighted by molar-refractivity contribution is 7.85. The first-order valence-corrected chi connectivity index (χ1v) is 11.1. The van der Waals surface area contributed by atoms with Crippen LogP contribution in [0.15, 0.2) is 66.6 Å². The van der Waals surface area contributed by atoms with Crippen LogP contribution in [0.5, 0.6) is 5.75 Å².